The molecular formula is C15H13BrN2O2S. The molecular weight excluding hydrogens is 352 g/mol. The number of thiocarbonyl (C=S) groups is 1. The van der Waals surface area contributed by atoms with E-state index in [9.17, 15) is 0 Å². The van der Waals surface area contributed by atoms with Crippen molar-refractivity contribution in [3.8, 4) is 11.5 Å². The van der Waals surface area contributed by atoms with Crippen LogP contribution in [0.15, 0.2) is 40.9 Å². The molecule has 0 fully saturated rings. The number of hydrogen-bond donors (Lipinski definition) is 2. The first-order valence-electron chi connectivity index (χ1n) is 6.39. The van der Waals surface area contributed by atoms with Gasteiger partial charge in [-0.3, -0.25) is 0 Å². The standard InChI is InChI=1S/C15H13BrN2O2S/c16-9-1-3-11(15(17)21)12(7-9)18-10-2-4-13-14(8-10)20-6-5-19-13/h1-4,7-8,18H,5-6H2,(H2,17,21). The second-order valence-corrected chi connectivity index (χ2v) is 5.89. The molecule has 0 bridgehead atoms. The molecule has 0 unspecified atom stereocenters. The molecule has 0 amide bonds. The second-order valence-electron chi connectivity index (χ2n) is 4.54. The van der Waals surface area contributed by atoms with Crippen LogP contribution in [0, 0.1) is 0 Å². The number of halogens is 1. The molecule has 1 aliphatic rings. The van der Waals surface area contributed by atoms with Gasteiger partial charge in [0.2, 0.25) is 0 Å². The molecule has 1 heterocycles. The summed E-state index contributed by atoms with van der Waals surface area (Å²) in [4.78, 5) is 0.350. The van der Waals surface area contributed by atoms with Gasteiger partial charge in [0.05, 0.1) is 0 Å². The molecule has 21 heavy (non-hydrogen) atoms. The highest BCUT2D eigenvalue weighted by Gasteiger charge is 2.13. The van der Waals surface area contributed by atoms with Crippen LogP contribution in [0.25, 0.3) is 0 Å². The molecule has 0 radical (unpaired) electrons. The van der Waals surface area contributed by atoms with Crippen LogP contribution in [0.3, 0.4) is 0 Å². The Balaban J connectivity index is 1.93. The summed E-state index contributed by atoms with van der Waals surface area (Å²) >= 11 is 8.53. The van der Waals surface area contributed by atoms with E-state index < -0.39 is 0 Å². The zero-order valence-electron chi connectivity index (χ0n) is 11.1. The molecule has 2 aromatic rings. The van der Waals surface area contributed by atoms with E-state index in [1.807, 2.05) is 36.4 Å². The van der Waals surface area contributed by atoms with E-state index in [1.54, 1.807) is 0 Å². The highest BCUT2D eigenvalue weighted by molar-refractivity contribution is 9.10. The van der Waals surface area contributed by atoms with Gasteiger partial charge in [0, 0.05) is 27.5 Å². The van der Waals surface area contributed by atoms with Crippen molar-refractivity contribution >= 4 is 44.5 Å². The first-order chi connectivity index (χ1) is 10.1. The lowest BCUT2D eigenvalue weighted by atomic mass is 10.1. The molecule has 3 N–H and O–H groups in total. The second kappa shape index (κ2) is 5.91. The van der Waals surface area contributed by atoms with E-state index in [4.69, 9.17) is 27.4 Å². The summed E-state index contributed by atoms with van der Waals surface area (Å²) in [6, 6.07) is 11.4. The van der Waals surface area contributed by atoms with Crippen LogP contribution in [0.5, 0.6) is 11.5 Å². The minimum Gasteiger partial charge on any atom is -0.486 e. The summed E-state index contributed by atoms with van der Waals surface area (Å²) in [6.45, 7) is 1.14. The van der Waals surface area contributed by atoms with Gasteiger partial charge in [-0.15, -0.1) is 0 Å². The maximum absolute atomic E-state index is 5.76. The largest absolute Gasteiger partial charge is 0.486 e. The zero-order valence-corrected chi connectivity index (χ0v) is 13.5. The number of hydrogen-bond acceptors (Lipinski definition) is 4. The monoisotopic (exact) mass is 364 g/mol. The van der Waals surface area contributed by atoms with Crippen LogP contribution in [0.4, 0.5) is 11.4 Å². The number of benzene rings is 2. The SMILES string of the molecule is NC(=S)c1ccc(Br)cc1Nc1ccc2c(c1)OCCO2. The maximum Gasteiger partial charge on any atom is 0.163 e. The van der Waals surface area contributed by atoms with Crippen molar-refractivity contribution in [2.75, 3.05) is 18.5 Å². The number of rotatable bonds is 3. The molecule has 4 nitrogen and oxygen atoms in total. The molecule has 2 aromatic carbocycles. The molecule has 6 heteroatoms. The third kappa shape index (κ3) is 3.11. The Morgan fingerprint density at radius 2 is 1.86 bits per heavy atom. The molecule has 1 aliphatic heterocycles. The van der Waals surface area contributed by atoms with Gasteiger partial charge < -0.3 is 20.5 Å². The Hall–Kier alpha value is -1.79. The van der Waals surface area contributed by atoms with Gasteiger partial charge >= 0.3 is 0 Å². The Bertz CT molecular complexity index is 706. The van der Waals surface area contributed by atoms with E-state index in [-0.39, 0.29) is 0 Å². The Labute approximate surface area is 136 Å². The highest BCUT2D eigenvalue weighted by atomic mass is 79.9. The van der Waals surface area contributed by atoms with Gasteiger partial charge in [0.1, 0.15) is 18.2 Å². The van der Waals surface area contributed by atoms with Crippen LogP contribution in [-0.2, 0) is 0 Å². The number of anilines is 2. The van der Waals surface area contributed by atoms with Gasteiger partial charge in [0.15, 0.2) is 11.5 Å². The minimum absolute atomic E-state index is 0.350. The molecule has 108 valence electrons. The first-order valence-corrected chi connectivity index (χ1v) is 7.59. The average molecular weight is 365 g/mol. The van der Waals surface area contributed by atoms with Crippen LogP contribution >= 0.6 is 28.1 Å². The van der Waals surface area contributed by atoms with Crippen molar-refractivity contribution in [2.24, 2.45) is 5.73 Å². The van der Waals surface area contributed by atoms with Gasteiger partial charge in [-0.25, -0.2) is 0 Å². The van der Waals surface area contributed by atoms with Crippen LogP contribution in [0.1, 0.15) is 5.56 Å². The van der Waals surface area contributed by atoms with Crippen molar-refractivity contribution in [3.63, 3.8) is 0 Å². The van der Waals surface area contributed by atoms with Crippen LogP contribution in [-0.4, -0.2) is 18.2 Å². The predicted octanol–water partition coefficient (Wildman–Crippen LogP) is 3.60. The van der Waals surface area contributed by atoms with E-state index in [2.05, 4.69) is 21.2 Å². The van der Waals surface area contributed by atoms with Crippen LogP contribution in [0.2, 0.25) is 0 Å². The molecule has 0 atom stereocenters. The first kappa shape index (κ1) is 14.2. The Kier molecular flexibility index (Phi) is 3.98. The normalized spacial score (nSPS) is 12.8. The lowest BCUT2D eigenvalue weighted by Crippen LogP contribution is -2.15. The van der Waals surface area contributed by atoms with Gasteiger partial charge in [-0.2, -0.15) is 0 Å². The number of ether oxygens (including phenoxy) is 2. The fourth-order valence-electron chi connectivity index (χ4n) is 2.11. The smallest absolute Gasteiger partial charge is 0.163 e. The molecule has 0 aromatic heterocycles. The summed E-state index contributed by atoms with van der Waals surface area (Å²) in [6.07, 6.45) is 0. The summed E-state index contributed by atoms with van der Waals surface area (Å²) in [5.41, 5.74) is 8.28. The van der Waals surface area contributed by atoms with E-state index in [0.29, 0.717) is 18.2 Å². The van der Waals surface area contributed by atoms with Crippen molar-refractivity contribution in [2.45, 2.75) is 0 Å². The van der Waals surface area contributed by atoms with Crippen LogP contribution < -0.4 is 20.5 Å². The molecule has 0 spiro atoms. The quantitative estimate of drug-likeness (QED) is 0.814. The van der Waals surface area contributed by atoms with E-state index >= 15 is 0 Å². The number of nitrogens with one attached hydrogen (secondary N) is 1. The molecule has 0 aliphatic carbocycles. The van der Waals surface area contributed by atoms with E-state index in [1.165, 1.54) is 0 Å². The van der Waals surface area contributed by atoms with Crippen molar-refractivity contribution < 1.29 is 9.47 Å². The third-order valence-corrected chi connectivity index (χ3v) is 3.78. The molecule has 0 saturated carbocycles. The summed E-state index contributed by atoms with van der Waals surface area (Å²) in [7, 11) is 0. The van der Waals surface area contributed by atoms with Gasteiger partial charge in [0.25, 0.3) is 0 Å². The Morgan fingerprint density at radius 3 is 2.62 bits per heavy atom. The van der Waals surface area contributed by atoms with Crippen molar-refractivity contribution in [1.29, 1.82) is 0 Å². The highest BCUT2D eigenvalue weighted by Crippen LogP contribution is 2.34. The summed E-state index contributed by atoms with van der Waals surface area (Å²) < 4.78 is 12.0. The van der Waals surface area contributed by atoms with Crippen molar-refractivity contribution in [1.82, 2.24) is 0 Å². The lowest BCUT2D eigenvalue weighted by molar-refractivity contribution is 0.171. The van der Waals surface area contributed by atoms with E-state index in [0.717, 1.165) is 32.9 Å². The topological polar surface area (TPSA) is 56.5 Å². The lowest BCUT2D eigenvalue weighted by Gasteiger charge is -2.19. The molecule has 3 rings (SSSR count). The number of nitrogens with two attached hydrogens (primary N) is 1. The Morgan fingerprint density at radius 1 is 1.10 bits per heavy atom. The summed E-state index contributed by atoms with van der Waals surface area (Å²) in [5.74, 6) is 1.49. The fourth-order valence-corrected chi connectivity index (χ4v) is 2.65. The zero-order chi connectivity index (χ0) is 14.8. The van der Waals surface area contributed by atoms with Gasteiger partial charge in [-0.05, 0) is 30.3 Å². The van der Waals surface area contributed by atoms with Crippen molar-refractivity contribution in [3.05, 3.63) is 46.4 Å². The average Bonchev–Trinajstić information content (AvgIpc) is 2.47. The predicted molar refractivity (Wildman–Crippen MR) is 90.7 cm³/mol. The third-order valence-electron chi connectivity index (χ3n) is 3.07. The number of fused-ring (bicyclic) bond motifs is 1. The maximum atomic E-state index is 5.76. The van der Waals surface area contributed by atoms with Gasteiger partial charge in [-0.1, -0.05) is 28.1 Å². The fraction of sp³-hybridized carbons (Fsp3) is 0.133. The summed E-state index contributed by atoms with van der Waals surface area (Å²) in [5, 5.41) is 3.31. The minimum atomic E-state index is 0.350. The molecule has 0 saturated heterocycles.